The minimum atomic E-state index is -1.24. The highest BCUT2D eigenvalue weighted by molar-refractivity contribution is 8.13. The van der Waals surface area contributed by atoms with Gasteiger partial charge in [-0.1, -0.05) is 95.8 Å². The second kappa shape index (κ2) is 17.8. The molecule has 1 aromatic rings. The Hall–Kier alpha value is -0.530. The van der Waals surface area contributed by atoms with Crippen molar-refractivity contribution >= 4 is 25.3 Å². The first-order chi connectivity index (χ1) is 16.6. The molecule has 2 atom stereocenters. The largest absolute Gasteiger partial charge is 0.330 e. The molecule has 1 rings (SSSR count). The van der Waals surface area contributed by atoms with Crippen molar-refractivity contribution < 1.29 is 18.9 Å². The molecule has 0 aliphatic rings. The van der Waals surface area contributed by atoms with E-state index in [1.807, 2.05) is 27.4 Å². The molecule has 0 fully saturated rings. The van der Waals surface area contributed by atoms with E-state index in [0.29, 0.717) is 25.5 Å². The second-order valence-corrected chi connectivity index (χ2v) is 12.8. The van der Waals surface area contributed by atoms with Crippen molar-refractivity contribution in [3.63, 3.8) is 0 Å². The summed E-state index contributed by atoms with van der Waals surface area (Å²) in [6, 6.07) is 8.89. The lowest BCUT2D eigenvalue weighted by atomic mass is 9.92. The second-order valence-electron chi connectivity index (χ2n) is 10.4. The third kappa shape index (κ3) is 15.3. The molecule has 6 nitrogen and oxygen atoms in total. The summed E-state index contributed by atoms with van der Waals surface area (Å²) in [6.07, 6.45) is 10.7. The molecule has 35 heavy (non-hydrogen) atoms. The molecular formula is C27H49N2O4PS. The maximum Gasteiger partial charge on any atom is 0.205 e. The van der Waals surface area contributed by atoms with Crippen molar-refractivity contribution in [2.45, 2.75) is 91.0 Å². The molecule has 0 saturated heterocycles. The Morgan fingerprint density at radius 1 is 1.00 bits per heavy atom. The van der Waals surface area contributed by atoms with Crippen LogP contribution in [0.4, 0.5) is 0 Å². The van der Waals surface area contributed by atoms with Crippen LogP contribution in [0.25, 0.3) is 0 Å². The van der Waals surface area contributed by atoms with E-state index in [4.69, 9.17) is 25.6 Å². The molecule has 4 N–H and O–H groups in total. The maximum absolute atomic E-state index is 11.9. The highest BCUT2D eigenvalue weighted by atomic mass is 32.2. The fourth-order valence-corrected chi connectivity index (χ4v) is 4.82. The van der Waals surface area contributed by atoms with E-state index in [1.165, 1.54) is 61.4 Å². The summed E-state index contributed by atoms with van der Waals surface area (Å²) in [5, 5.41) is 0.138. The standard InChI is InChI=1S/C27H49N2O4PS/c1-6-7-8-9-10-11-12-23-13-15-24(16-14-23)17-18-27(29,21-28)22-32-34(5)33-31-19-20-35-25(30)26(2,3)4/h13-16H,6-12,17-22,28-29H2,1-5H3. The van der Waals surface area contributed by atoms with Gasteiger partial charge in [0.1, 0.15) is 0 Å². The molecule has 0 bridgehead atoms. The third-order valence-electron chi connectivity index (χ3n) is 5.86. The van der Waals surface area contributed by atoms with Crippen molar-refractivity contribution in [2.75, 3.05) is 32.2 Å². The highest BCUT2D eigenvalue weighted by Crippen LogP contribution is 2.35. The summed E-state index contributed by atoms with van der Waals surface area (Å²) in [6.45, 7) is 10.8. The SMILES string of the molecule is CCCCCCCCc1ccc(CCC(N)(CN)COP(C)OOCCSC(=O)C(C)(C)C)cc1. The van der Waals surface area contributed by atoms with Crippen LogP contribution in [0.15, 0.2) is 24.3 Å². The fraction of sp³-hybridized carbons (Fsp3) is 0.741. The molecule has 0 aromatic heterocycles. The van der Waals surface area contributed by atoms with Crippen LogP contribution in [0.1, 0.15) is 83.8 Å². The molecule has 202 valence electrons. The predicted molar refractivity (Wildman–Crippen MR) is 151 cm³/mol. The summed E-state index contributed by atoms with van der Waals surface area (Å²) < 4.78 is 11.1. The molecule has 0 heterocycles. The van der Waals surface area contributed by atoms with Crippen molar-refractivity contribution in [1.29, 1.82) is 0 Å². The fourth-order valence-electron chi connectivity index (χ4n) is 3.35. The number of rotatable bonds is 19. The van der Waals surface area contributed by atoms with Gasteiger partial charge in [-0.2, -0.15) is 4.67 Å². The van der Waals surface area contributed by atoms with Gasteiger partial charge in [-0.3, -0.25) is 4.79 Å². The number of carbonyl (C=O) groups excluding carboxylic acids is 1. The number of aryl methyl sites for hydroxylation is 2. The van der Waals surface area contributed by atoms with Gasteiger partial charge in [-0.05, 0) is 36.8 Å². The summed E-state index contributed by atoms with van der Waals surface area (Å²) in [7, 11) is -1.24. The Labute approximate surface area is 219 Å². The van der Waals surface area contributed by atoms with Gasteiger partial charge in [0, 0.05) is 24.4 Å². The zero-order valence-corrected chi connectivity index (χ0v) is 24.4. The summed E-state index contributed by atoms with van der Waals surface area (Å²) in [5.74, 6) is 0.542. The van der Waals surface area contributed by atoms with Gasteiger partial charge in [-0.25, -0.2) is 4.89 Å². The number of nitrogens with two attached hydrogens (primary N) is 2. The number of hydrogen-bond acceptors (Lipinski definition) is 7. The van der Waals surface area contributed by atoms with E-state index in [2.05, 4.69) is 31.2 Å². The van der Waals surface area contributed by atoms with Crippen LogP contribution in [-0.2, 0) is 31.7 Å². The first-order valence-corrected chi connectivity index (χ1v) is 15.6. The van der Waals surface area contributed by atoms with Crippen LogP contribution in [0.5, 0.6) is 0 Å². The molecule has 0 spiro atoms. The molecule has 1 aromatic carbocycles. The van der Waals surface area contributed by atoms with Gasteiger partial charge >= 0.3 is 0 Å². The smallest absolute Gasteiger partial charge is 0.205 e. The van der Waals surface area contributed by atoms with E-state index >= 15 is 0 Å². The molecular weight excluding hydrogens is 479 g/mol. The Morgan fingerprint density at radius 2 is 1.60 bits per heavy atom. The van der Waals surface area contributed by atoms with Crippen molar-refractivity contribution in [2.24, 2.45) is 16.9 Å². The van der Waals surface area contributed by atoms with E-state index < -0.39 is 13.9 Å². The lowest BCUT2D eigenvalue weighted by Gasteiger charge is -2.28. The van der Waals surface area contributed by atoms with Gasteiger partial charge in [0.05, 0.1) is 18.8 Å². The number of carbonyl (C=O) groups is 1. The summed E-state index contributed by atoms with van der Waals surface area (Å²) >= 11 is 1.25. The lowest BCUT2D eigenvalue weighted by molar-refractivity contribution is -0.201. The normalized spacial score (nSPS) is 14.6. The molecule has 8 heteroatoms. The molecule has 0 radical (unpaired) electrons. The Balaban J connectivity index is 2.27. The number of unbranched alkanes of at least 4 members (excludes halogenated alkanes) is 5. The third-order valence-corrected chi connectivity index (χ3v) is 7.92. The molecule has 0 amide bonds. The van der Waals surface area contributed by atoms with Crippen LogP contribution in [-0.4, -0.2) is 42.8 Å². The minimum absolute atomic E-state index is 0.138. The molecule has 0 aliphatic heterocycles. The minimum Gasteiger partial charge on any atom is -0.330 e. The summed E-state index contributed by atoms with van der Waals surface area (Å²) in [5.41, 5.74) is 14.2. The van der Waals surface area contributed by atoms with Crippen molar-refractivity contribution in [3.05, 3.63) is 35.4 Å². The zero-order valence-electron chi connectivity index (χ0n) is 22.6. The first-order valence-electron chi connectivity index (χ1n) is 13.0. The van der Waals surface area contributed by atoms with Gasteiger partial charge < -0.3 is 16.0 Å². The predicted octanol–water partition coefficient (Wildman–Crippen LogP) is 6.39. The van der Waals surface area contributed by atoms with Gasteiger partial charge in [-0.15, -0.1) is 0 Å². The lowest BCUT2D eigenvalue weighted by Crippen LogP contribution is -2.51. The maximum atomic E-state index is 11.9. The van der Waals surface area contributed by atoms with Crippen LogP contribution < -0.4 is 11.5 Å². The quantitative estimate of drug-likeness (QED) is 0.0929. The average Bonchev–Trinajstić information content (AvgIpc) is 2.83. The van der Waals surface area contributed by atoms with Crippen LogP contribution in [0.3, 0.4) is 0 Å². The van der Waals surface area contributed by atoms with Crippen LogP contribution in [0.2, 0.25) is 0 Å². The van der Waals surface area contributed by atoms with Crippen molar-refractivity contribution in [1.82, 2.24) is 0 Å². The number of thioether (sulfide) groups is 1. The van der Waals surface area contributed by atoms with E-state index in [0.717, 1.165) is 19.3 Å². The number of benzene rings is 1. The topological polar surface area (TPSA) is 96.8 Å². The van der Waals surface area contributed by atoms with E-state index in [1.54, 1.807) is 0 Å². The van der Waals surface area contributed by atoms with E-state index in [-0.39, 0.29) is 10.5 Å². The monoisotopic (exact) mass is 528 g/mol. The Kier molecular flexibility index (Phi) is 16.6. The number of hydrogen-bond donors (Lipinski definition) is 2. The van der Waals surface area contributed by atoms with Crippen LogP contribution >= 0.6 is 20.1 Å². The highest BCUT2D eigenvalue weighted by Gasteiger charge is 2.25. The average molecular weight is 529 g/mol. The zero-order chi connectivity index (χ0) is 26.2. The van der Waals surface area contributed by atoms with Gasteiger partial charge in [0.2, 0.25) is 8.38 Å². The Bertz CT molecular complexity index is 699. The van der Waals surface area contributed by atoms with Crippen molar-refractivity contribution in [3.8, 4) is 0 Å². The van der Waals surface area contributed by atoms with E-state index in [9.17, 15) is 4.79 Å². The summed E-state index contributed by atoms with van der Waals surface area (Å²) in [4.78, 5) is 17.1. The molecule has 2 unspecified atom stereocenters. The molecule has 0 aliphatic carbocycles. The first kappa shape index (κ1) is 32.5. The van der Waals surface area contributed by atoms with Gasteiger partial charge in [0.25, 0.3) is 0 Å². The van der Waals surface area contributed by atoms with Crippen LogP contribution in [0, 0.1) is 5.41 Å². The molecule has 0 saturated carbocycles. The van der Waals surface area contributed by atoms with Gasteiger partial charge in [0.15, 0.2) is 5.12 Å². The Morgan fingerprint density at radius 3 is 2.20 bits per heavy atom.